The predicted octanol–water partition coefficient (Wildman–Crippen LogP) is 2.80. The summed E-state index contributed by atoms with van der Waals surface area (Å²) in [5.41, 5.74) is 2.84. The molecule has 92 valence electrons. The molecule has 0 radical (unpaired) electrons. The average Bonchev–Trinajstić information content (AvgIpc) is 2.37. The van der Waals surface area contributed by atoms with E-state index in [2.05, 4.69) is 10.3 Å². The summed E-state index contributed by atoms with van der Waals surface area (Å²) in [5.74, 6) is -0.606. The number of carbonyl (C=O) groups is 1. The molecular formula is C14H14N2O2. The number of aromatic carboxylic acids is 1. The molecule has 18 heavy (non-hydrogen) atoms. The van der Waals surface area contributed by atoms with E-state index in [1.54, 1.807) is 19.3 Å². The summed E-state index contributed by atoms with van der Waals surface area (Å²) in [6, 6.07) is 9.47. The molecule has 0 bridgehead atoms. The third kappa shape index (κ3) is 2.18. The van der Waals surface area contributed by atoms with Crippen LogP contribution in [0.1, 0.15) is 15.9 Å². The Hall–Kier alpha value is -2.36. The van der Waals surface area contributed by atoms with Crippen molar-refractivity contribution >= 4 is 11.8 Å². The summed E-state index contributed by atoms with van der Waals surface area (Å²) in [6.07, 6.45) is 1.61. The molecule has 4 nitrogen and oxygen atoms in total. The maximum atomic E-state index is 11.4. The lowest BCUT2D eigenvalue weighted by Crippen LogP contribution is -2.07. The van der Waals surface area contributed by atoms with Crippen LogP contribution in [0.5, 0.6) is 0 Å². The van der Waals surface area contributed by atoms with Crippen molar-refractivity contribution in [3.63, 3.8) is 0 Å². The van der Waals surface area contributed by atoms with Gasteiger partial charge in [-0.05, 0) is 18.6 Å². The average molecular weight is 242 g/mol. The molecule has 1 heterocycles. The molecule has 2 aromatic rings. The van der Waals surface area contributed by atoms with E-state index in [9.17, 15) is 9.90 Å². The Balaban J connectivity index is 2.67. The highest BCUT2D eigenvalue weighted by molar-refractivity contribution is 6.00. The number of anilines is 1. The van der Waals surface area contributed by atoms with E-state index in [4.69, 9.17) is 0 Å². The zero-order chi connectivity index (χ0) is 13.1. The molecule has 4 heteroatoms. The van der Waals surface area contributed by atoms with Gasteiger partial charge in [-0.3, -0.25) is 0 Å². The molecule has 0 unspecified atom stereocenters. The number of carboxylic acid groups (broad SMARTS) is 1. The van der Waals surface area contributed by atoms with E-state index in [0.717, 1.165) is 11.1 Å². The van der Waals surface area contributed by atoms with Crippen LogP contribution in [-0.4, -0.2) is 23.1 Å². The lowest BCUT2D eigenvalue weighted by Gasteiger charge is -2.10. The van der Waals surface area contributed by atoms with E-state index in [1.165, 1.54) is 0 Å². The number of rotatable bonds is 3. The standard InChI is InChI=1S/C14H14N2O2/c1-9-4-3-5-10(8-9)11-6-7-16-13(15-2)12(11)14(17)18/h3-8H,1-2H3,(H,15,16)(H,17,18). The minimum absolute atomic E-state index is 0.200. The van der Waals surface area contributed by atoms with Crippen LogP contribution >= 0.6 is 0 Å². The molecule has 0 saturated heterocycles. The number of hydrogen-bond acceptors (Lipinski definition) is 3. The van der Waals surface area contributed by atoms with Gasteiger partial charge >= 0.3 is 5.97 Å². The van der Waals surface area contributed by atoms with E-state index in [-0.39, 0.29) is 5.56 Å². The predicted molar refractivity (Wildman–Crippen MR) is 70.9 cm³/mol. The van der Waals surface area contributed by atoms with Crippen LogP contribution in [-0.2, 0) is 0 Å². The van der Waals surface area contributed by atoms with Crippen molar-refractivity contribution in [2.45, 2.75) is 6.92 Å². The number of nitrogens with one attached hydrogen (secondary N) is 1. The molecule has 1 aromatic carbocycles. The molecule has 0 fully saturated rings. The number of aromatic nitrogens is 1. The number of aryl methyl sites for hydroxylation is 1. The lowest BCUT2D eigenvalue weighted by atomic mass is 9.99. The molecule has 2 rings (SSSR count). The number of nitrogens with zero attached hydrogens (tertiary/aromatic N) is 1. The Morgan fingerprint density at radius 3 is 2.72 bits per heavy atom. The highest BCUT2D eigenvalue weighted by atomic mass is 16.4. The quantitative estimate of drug-likeness (QED) is 0.868. The number of hydrogen-bond donors (Lipinski definition) is 2. The molecule has 0 spiro atoms. The topological polar surface area (TPSA) is 62.2 Å². The highest BCUT2D eigenvalue weighted by Gasteiger charge is 2.17. The van der Waals surface area contributed by atoms with Crippen LogP contribution in [0.15, 0.2) is 36.5 Å². The third-order valence-corrected chi connectivity index (χ3v) is 2.73. The van der Waals surface area contributed by atoms with Gasteiger partial charge < -0.3 is 10.4 Å². The first-order valence-corrected chi connectivity index (χ1v) is 5.60. The normalized spacial score (nSPS) is 10.1. The van der Waals surface area contributed by atoms with Gasteiger partial charge in [0.05, 0.1) is 0 Å². The van der Waals surface area contributed by atoms with E-state index >= 15 is 0 Å². The van der Waals surface area contributed by atoms with E-state index in [1.807, 2.05) is 31.2 Å². The Bertz CT molecular complexity index is 594. The summed E-state index contributed by atoms with van der Waals surface area (Å²) < 4.78 is 0. The molecular weight excluding hydrogens is 228 g/mol. The Labute approximate surface area is 105 Å². The lowest BCUT2D eigenvalue weighted by molar-refractivity contribution is 0.0698. The second-order valence-corrected chi connectivity index (χ2v) is 4.01. The van der Waals surface area contributed by atoms with Crippen LogP contribution in [0, 0.1) is 6.92 Å². The van der Waals surface area contributed by atoms with Gasteiger partial charge in [-0.25, -0.2) is 9.78 Å². The van der Waals surface area contributed by atoms with Crippen molar-refractivity contribution in [2.24, 2.45) is 0 Å². The summed E-state index contributed by atoms with van der Waals surface area (Å²) in [7, 11) is 1.66. The van der Waals surface area contributed by atoms with Gasteiger partial charge in [-0.1, -0.05) is 29.8 Å². The summed E-state index contributed by atoms with van der Waals surface area (Å²) in [4.78, 5) is 15.4. The van der Waals surface area contributed by atoms with Crippen LogP contribution in [0.4, 0.5) is 5.82 Å². The van der Waals surface area contributed by atoms with Gasteiger partial charge in [-0.2, -0.15) is 0 Å². The molecule has 2 N–H and O–H groups in total. The second-order valence-electron chi connectivity index (χ2n) is 4.01. The van der Waals surface area contributed by atoms with Crippen molar-refractivity contribution in [1.29, 1.82) is 0 Å². The monoisotopic (exact) mass is 242 g/mol. The molecule has 0 aliphatic rings. The first kappa shape index (κ1) is 12.1. The molecule has 0 aliphatic carbocycles. The fourth-order valence-corrected chi connectivity index (χ4v) is 1.92. The van der Waals surface area contributed by atoms with Gasteiger partial charge in [0, 0.05) is 18.8 Å². The molecule has 0 atom stereocenters. The minimum Gasteiger partial charge on any atom is -0.478 e. The van der Waals surface area contributed by atoms with Crippen LogP contribution < -0.4 is 5.32 Å². The van der Waals surface area contributed by atoms with Crippen molar-refractivity contribution < 1.29 is 9.90 Å². The molecule has 1 aromatic heterocycles. The Kier molecular flexibility index (Phi) is 3.28. The van der Waals surface area contributed by atoms with Gasteiger partial charge in [0.15, 0.2) is 0 Å². The maximum absolute atomic E-state index is 11.4. The summed E-state index contributed by atoms with van der Waals surface area (Å²) in [5, 5.41) is 12.1. The fraction of sp³-hybridized carbons (Fsp3) is 0.143. The first-order chi connectivity index (χ1) is 8.63. The van der Waals surface area contributed by atoms with Crippen molar-refractivity contribution in [1.82, 2.24) is 4.98 Å². The highest BCUT2D eigenvalue weighted by Crippen LogP contribution is 2.28. The van der Waals surface area contributed by atoms with Crippen molar-refractivity contribution in [3.05, 3.63) is 47.7 Å². The second kappa shape index (κ2) is 4.87. The Morgan fingerprint density at radius 2 is 2.11 bits per heavy atom. The number of carboxylic acids is 1. The van der Waals surface area contributed by atoms with Crippen LogP contribution in [0.25, 0.3) is 11.1 Å². The van der Waals surface area contributed by atoms with Gasteiger partial charge in [0.25, 0.3) is 0 Å². The van der Waals surface area contributed by atoms with Gasteiger partial charge in [0.2, 0.25) is 0 Å². The van der Waals surface area contributed by atoms with Gasteiger partial charge in [-0.15, -0.1) is 0 Å². The number of benzene rings is 1. The first-order valence-electron chi connectivity index (χ1n) is 5.60. The molecule has 0 aliphatic heterocycles. The summed E-state index contributed by atoms with van der Waals surface area (Å²) in [6.45, 7) is 1.98. The fourth-order valence-electron chi connectivity index (χ4n) is 1.92. The van der Waals surface area contributed by atoms with Crippen LogP contribution in [0.3, 0.4) is 0 Å². The third-order valence-electron chi connectivity index (χ3n) is 2.73. The van der Waals surface area contributed by atoms with Gasteiger partial charge in [0.1, 0.15) is 11.4 Å². The maximum Gasteiger partial charge on any atom is 0.340 e. The van der Waals surface area contributed by atoms with E-state index < -0.39 is 5.97 Å². The van der Waals surface area contributed by atoms with Crippen LogP contribution in [0.2, 0.25) is 0 Å². The molecule has 0 amide bonds. The van der Waals surface area contributed by atoms with E-state index in [0.29, 0.717) is 11.4 Å². The zero-order valence-corrected chi connectivity index (χ0v) is 10.3. The number of pyridine rings is 1. The van der Waals surface area contributed by atoms with Crippen molar-refractivity contribution in [2.75, 3.05) is 12.4 Å². The summed E-state index contributed by atoms with van der Waals surface area (Å²) >= 11 is 0. The van der Waals surface area contributed by atoms with Crippen molar-refractivity contribution in [3.8, 4) is 11.1 Å². The minimum atomic E-state index is -0.982. The zero-order valence-electron chi connectivity index (χ0n) is 10.3. The smallest absolute Gasteiger partial charge is 0.340 e. The Morgan fingerprint density at radius 1 is 1.33 bits per heavy atom. The SMILES string of the molecule is CNc1nccc(-c2cccc(C)c2)c1C(=O)O. The molecule has 0 saturated carbocycles. The largest absolute Gasteiger partial charge is 0.478 e.